The number of aliphatic hydroxyl groups is 1. The van der Waals surface area contributed by atoms with Crippen molar-refractivity contribution in [1.29, 1.82) is 0 Å². The summed E-state index contributed by atoms with van der Waals surface area (Å²) in [5.41, 5.74) is 1.20. The average Bonchev–Trinajstić information content (AvgIpc) is 3.33. The minimum absolute atomic E-state index is 0.112. The molecule has 1 spiro atoms. The third-order valence-electron chi connectivity index (χ3n) is 6.08. The van der Waals surface area contributed by atoms with E-state index in [0.29, 0.717) is 13.2 Å². The fourth-order valence-corrected chi connectivity index (χ4v) is 4.18. The Morgan fingerprint density at radius 2 is 2.26 bits per heavy atom. The van der Waals surface area contributed by atoms with E-state index < -0.39 is 0 Å². The van der Waals surface area contributed by atoms with Crippen molar-refractivity contribution in [1.82, 2.24) is 15.1 Å². The van der Waals surface area contributed by atoms with Crippen LogP contribution in [0.15, 0.2) is 11.9 Å². The van der Waals surface area contributed by atoms with Crippen LogP contribution in [0.3, 0.4) is 0 Å². The van der Waals surface area contributed by atoms with Gasteiger partial charge in [0.05, 0.1) is 31.1 Å². The molecule has 4 rings (SSSR count). The summed E-state index contributed by atoms with van der Waals surface area (Å²) in [6.07, 6.45) is 6.15. The summed E-state index contributed by atoms with van der Waals surface area (Å²) >= 11 is 0. The van der Waals surface area contributed by atoms with Crippen molar-refractivity contribution in [3.63, 3.8) is 0 Å². The lowest BCUT2D eigenvalue weighted by Gasteiger charge is -2.43. The van der Waals surface area contributed by atoms with Gasteiger partial charge in [-0.05, 0) is 44.6 Å². The lowest BCUT2D eigenvalue weighted by molar-refractivity contribution is -0.138. The molecule has 0 aromatic heterocycles. The summed E-state index contributed by atoms with van der Waals surface area (Å²) in [5.74, 6) is 0.145. The standard InChI is InChI=1S/C17H27N3O3/c1-12-16(22)20-13(10-23-11-14(20)8-18-12)2-6-19-7-5-17(3-4-17)15(21)9-19/h8,12-13,15,18,21H,2-7,9-11H2,1H3/t12-,13-,15?/m0/s1. The van der Waals surface area contributed by atoms with E-state index in [-0.39, 0.29) is 29.5 Å². The smallest absolute Gasteiger partial charge is 0.249 e. The summed E-state index contributed by atoms with van der Waals surface area (Å²) in [6.45, 7) is 5.78. The molecule has 1 amide bonds. The Morgan fingerprint density at radius 1 is 1.43 bits per heavy atom. The quantitative estimate of drug-likeness (QED) is 0.782. The highest BCUT2D eigenvalue weighted by Gasteiger charge is 2.51. The summed E-state index contributed by atoms with van der Waals surface area (Å²) in [4.78, 5) is 16.8. The number of aliphatic hydroxyl groups excluding tert-OH is 1. The first kappa shape index (κ1) is 15.4. The van der Waals surface area contributed by atoms with E-state index in [9.17, 15) is 9.90 Å². The normalized spacial score (nSPS) is 36.4. The SMILES string of the molecule is C[C@@H]1NC=C2COC[C@H](CCN3CCC4(CC4)C(O)C3)N2C1=O. The van der Waals surface area contributed by atoms with Gasteiger partial charge in [0.15, 0.2) is 0 Å². The minimum atomic E-state index is -0.171. The molecule has 0 aromatic rings. The number of carbonyl (C=O) groups is 1. The number of rotatable bonds is 3. The molecular formula is C17H27N3O3. The van der Waals surface area contributed by atoms with E-state index in [2.05, 4.69) is 10.2 Å². The van der Waals surface area contributed by atoms with Gasteiger partial charge in [-0.1, -0.05) is 0 Å². The van der Waals surface area contributed by atoms with Gasteiger partial charge >= 0.3 is 0 Å². The third kappa shape index (κ3) is 2.77. The molecule has 2 saturated heterocycles. The molecule has 1 saturated carbocycles. The molecule has 3 heterocycles. The monoisotopic (exact) mass is 321 g/mol. The predicted octanol–water partition coefficient (Wildman–Crippen LogP) is 0.284. The summed E-state index contributed by atoms with van der Waals surface area (Å²) in [7, 11) is 0. The van der Waals surface area contributed by atoms with Crippen LogP contribution < -0.4 is 5.32 Å². The number of hydrogen-bond acceptors (Lipinski definition) is 5. The van der Waals surface area contributed by atoms with Gasteiger partial charge in [-0.15, -0.1) is 0 Å². The molecule has 0 radical (unpaired) electrons. The number of amides is 1. The maximum Gasteiger partial charge on any atom is 0.249 e. The van der Waals surface area contributed by atoms with Crippen LogP contribution in [-0.2, 0) is 9.53 Å². The van der Waals surface area contributed by atoms with E-state index in [0.717, 1.165) is 38.2 Å². The second-order valence-corrected chi connectivity index (χ2v) is 7.62. The van der Waals surface area contributed by atoms with Crippen LogP contribution in [0, 0.1) is 5.41 Å². The molecule has 3 fully saturated rings. The first-order chi connectivity index (χ1) is 11.1. The molecule has 23 heavy (non-hydrogen) atoms. The molecular weight excluding hydrogens is 294 g/mol. The Morgan fingerprint density at radius 3 is 3.00 bits per heavy atom. The Kier molecular flexibility index (Phi) is 3.86. The van der Waals surface area contributed by atoms with Crippen LogP contribution in [0.5, 0.6) is 0 Å². The topological polar surface area (TPSA) is 65.0 Å². The molecule has 1 unspecified atom stereocenters. The number of nitrogens with zero attached hydrogens (tertiary/aromatic N) is 2. The molecule has 2 N–H and O–H groups in total. The highest BCUT2D eigenvalue weighted by molar-refractivity contribution is 5.84. The van der Waals surface area contributed by atoms with Crippen molar-refractivity contribution in [3.8, 4) is 0 Å². The Balaban J connectivity index is 1.36. The van der Waals surface area contributed by atoms with Gasteiger partial charge in [0.2, 0.25) is 5.91 Å². The summed E-state index contributed by atoms with van der Waals surface area (Å²) in [6, 6.07) is -0.0492. The Labute approximate surface area is 137 Å². The molecule has 0 bridgehead atoms. The Bertz CT molecular complexity index is 517. The number of β-amino-alcohol motifs (C(OH)–C–C–N with tert-alkyl or cyclic N) is 1. The van der Waals surface area contributed by atoms with Crippen molar-refractivity contribution in [3.05, 3.63) is 11.9 Å². The molecule has 3 atom stereocenters. The van der Waals surface area contributed by atoms with Gasteiger partial charge in [0, 0.05) is 19.3 Å². The first-order valence-corrected chi connectivity index (χ1v) is 8.85. The van der Waals surface area contributed by atoms with E-state index >= 15 is 0 Å². The fourth-order valence-electron chi connectivity index (χ4n) is 4.18. The highest BCUT2D eigenvalue weighted by atomic mass is 16.5. The van der Waals surface area contributed by atoms with Gasteiger partial charge in [-0.2, -0.15) is 0 Å². The van der Waals surface area contributed by atoms with E-state index in [1.807, 2.05) is 18.0 Å². The van der Waals surface area contributed by atoms with Crippen LogP contribution in [0.2, 0.25) is 0 Å². The maximum atomic E-state index is 12.5. The highest BCUT2D eigenvalue weighted by Crippen LogP contribution is 2.53. The molecule has 6 nitrogen and oxygen atoms in total. The van der Waals surface area contributed by atoms with Crippen LogP contribution >= 0.6 is 0 Å². The average molecular weight is 321 g/mol. The zero-order chi connectivity index (χ0) is 16.0. The number of piperidine rings is 1. The summed E-state index contributed by atoms with van der Waals surface area (Å²) < 4.78 is 5.67. The fraction of sp³-hybridized carbons (Fsp3) is 0.824. The number of likely N-dealkylation sites (tertiary alicyclic amines) is 1. The minimum Gasteiger partial charge on any atom is -0.391 e. The third-order valence-corrected chi connectivity index (χ3v) is 6.08. The van der Waals surface area contributed by atoms with Gasteiger partial charge in [-0.3, -0.25) is 4.79 Å². The van der Waals surface area contributed by atoms with E-state index in [1.54, 1.807) is 0 Å². The Hall–Kier alpha value is -1.11. The molecule has 1 aliphatic carbocycles. The maximum absolute atomic E-state index is 12.5. The van der Waals surface area contributed by atoms with E-state index in [1.165, 1.54) is 12.8 Å². The van der Waals surface area contributed by atoms with Crippen LogP contribution in [0.25, 0.3) is 0 Å². The first-order valence-electron chi connectivity index (χ1n) is 8.85. The number of morpholine rings is 1. The van der Waals surface area contributed by atoms with Gasteiger partial charge in [0.25, 0.3) is 0 Å². The largest absolute Gasteiger partial charge is 0.391 e. The number of carbonyl (C=O) groups excluding carboxylic acids is 1. The second kappa shape index (κ2) is 5.76. The molecule has 6 heteroatoms. The van der Waals surface area contributed by atoms with Crippen molar-refractivity contribution in [2.75, 3.05) is 32.8 Å². The molecule has 128 valence electrons. The molecule has 4 aliphatic rings. The van der Waals surface area contributed by atoms with Crippen molar-refractivity contribution >= 4 is 5.91 Å². The number of hydrogen-bond donors (Lipinski definition) is 2. The summed E-state index contributed by atoms with van der Waals surface area (Å²) in [5, 5.41) is 13.4. The van der Waals surface area contributed by atoms with Crippen molar-refractivity contribution in [2.45, 2.75) is 50.8 Å². The predicted molar refractivity (Wildman–Crippen MR) is 85.5 cm³/mol. The van der Waals surface area contributed by atoms with Crippen LogP contribution in [0.1, 0.15) is 32.6 Å². The zero-order valence-electron chi connectivity index (χ0n) is 13.8. The number of ether oxygens (including phenoxy) is 1. The second-order valence-electron chi connectivity index (χ2n) is 7.62. The van der Waals surface area contributed by atoms with Crippen molar-refractivity contribution < 1.29 is 14.6 Å². The number of nitrogens with one attached hydrogen (secondary N) is 1. The van der Waals surface area contributed by atoms with E-state index in [4.69, 9.17) is 4.74 Å². The lowest BCUT2D eigenvalue weighted by Crippen LogP contribution is -2.56. The molecule has 0 aromatic carbocycles. The van der Waals surface area contributed by atoms with Crippen LogP contribution in [0.4, 0.5) is 0 Å². The number of fused-ring (bicyclic) bond motifs is 1. The van der Waals surface area contributed by atoms with Crippen molar-refractivity contribution in [2.24, 2.45) is 5.41 Å². The van der Waals surface area contributed by atoms with Gasteiger partial charge in [0.1, 0.15) is 6.04 Å². The van der Waals surface area contributed by atoms with Gasteiger partial charge in [-0.25, -0.2) is 0 Å². The molecule has 3 aliphatic heterocycles. The van der Waals surface area contributed by atoms with Crippen LogP contribution in [-0.4, -0.2) is 71.8 Å². The van der Waals surface area contributed by atoms with Gasteiger partial charge < -0.3 is 25.0 Å². The lowest BCUT2D eigenvalue weighted by atomic mass is 9.90. The zero-order valence-corrected chi connectivity index (χ0v) is 13.8.